The van der Waals surface area contributed by atoms with Gasteiger partial charge in [0.25, 0.3) is 11.6 Å². The van der Waals surface area contributed by atoms with Crippen molar-refractivity contribution in [3.05, 3.63) is 49.8 Å². The summed E-state index contributed by atoms with van der Waals surface area (Å²) in [5, 5.41) is 28.5. The molecule has 0 spiro atoms. The predicted molar refractivity (Wildman–Crippen MR) is 86.8 cm³/mol. The number of ether oxygens (including phenoxy) is 1. The number of nitrogens with one attached hydrogen (secondary N) is 1. The quantitative estimate of drug-likeness (QED) is 0.622. The highest BCUT2D eigenvalue weighted by Crippen LogP contribution is 2.30. The van der Waals surface area contributed by atoms with E-state index in [1.807, 2.05) is 0 Å². The third-order valence-corrected chi connectivity index (χ3v) is 3.43. The second kappa shape index (κ2) is 6.95. The Labute approximate surface area is 141 Å². The molecular formula is C14H15N5O6. The van der Waals surface area contributed by atoms with Crippen molar-refractivity contribution < 1.29 is 19.4 Å². The first-order valence-corrected chi connectivity index (χ1v) is 7.16. The van der Waals surface area contributed by atoms with Gasteiger partial charge < -0.3 is 10.1 Å². The summed E-state index contributed by atoms with van der Waals surface area (Å²) in [5.74, 6) is -0.644. The van der Waals surface area contributed by atoms with Gasteiger partial charge in [0.1, 0.15) is 17.1 Å². The topological polar surface area (TPSA) is 142 Å². The van der Waals surface area contributed by atoms with Crippen LogP contribution in [0, 0.1) is 27.2 Å². The van der Waals surface area contributed by atoms with E-state index in [4.69, 9.17) is 4.74 Å². The van der Waals surface area contributed by atoms with Crippen LogP contribution in [0.15, 0.2) is 18.2 Å². The first-order valence-electron chi connectivity index (χ1n) is 7.16. The second-order valence-corrected chi connectivity index (χ2v) is 4.99. The summed E-state index contributed by atoms with van der Waals surface area (Å²) in [6.45, 7) is 3.49. The summed E-state index contributed by atoms with van der Waals surface area (Å²) in [7, 11) is 1.46. The molecule has 0 aliphatic heterocycles. The third-order valence-electron chi connectivity index (χ3n) is 3.43. The van der Waals surface area contributed by atoms with Crippen molar-refractivity contribution in [1.29, 1.82) is 0 Å². The van der Waals surface area contributed by atoms with Gasteiger partial charge in [-0.3, -0.25) is 29.7 Å². The van der Waals surface area contributed by atoms with Crippen molar-refractivity contribution in [1.82, 2.24) is 9.78 Å². The van der Waals surface area contributed by atoms with E-state index in [1.165, 1.54) is 30.8 Å². The molecule has 11 nitrogen and oxygen atoms in total. The number of nitrogens with zero attached hydrogens (tertiary/aromatic N) is 4. The number of rotatable bonds is 6. The molecule has 0 bridgehead atoms. The van der Waals surface area contributed by atoms with Crippen LogP contribution >= 0.6 is 0 Å². The molecule has 1 aromatic carbocycles. The molecule has 0 saturated heterocycles. The monoisotopic (exact) mass is 349 g/mol. The normalized spacial score (nSPS) is 10.4. The van der Waals surface area contributed by atoms with Crippen LogP contribution in [-0.2, 0) is 7.05 Å². The Balaban J connectivity index is 2.40. The lowest BCUT2D eigenvalue weighted by atomic mass is 10.2. The number of carbonyl (C=O) groups is 1. The summed E-state index contributed by atoms with van der Waals surface area (Å²) in [6, 6.07) is 3.91. The largest absolute Gasteiger partial charge is 0.494 e. The van der Waals surface area contributed by atoms with Crippen molar-refractivity contribution in [3.63, 3.8) is 0 Å². The fraction of sp³-hybridized carbons (Fsp3) is 0.286. The SMILES string of the molecule is CCOc1ccc(NC(=O)c2nn(C)c(C)c2[N+](=O)[O-])c([N+](=O)[O-])c1. The van der Waals surface area contributed by atoms with E-state index in [9.17, 15) is 25.0 Å². The molecule has 2 aromatic rings. The van der Waals surface area contributed by atoms with Crippen LogP contribution < -0.4 is 10.1 Å². The Hall–Kier alpha value is -3.50. The van der Waals surface area contributed by atoms with Gasteiger partial charge in [0.2, 0.25) is 5.69 Å². The zero-order valence-electron chi connectivity index (χ0n) is 13.7. The van der Waals surface area contributed by atoms with Crippen molar-refractivity contribution in [2.75, 3.05) is 11.9 Å². The molecule has 0 saturated carbocycles. The van der Waals surface area contributed by atoms with Crippen molar-refractivity contribution in [2.45, 2.75) is 13.8 Å². The first kappa shape index (κ1) is 17.8. The highest BCUT2D eigenvalue weighted by molar-refractivity contribution is 6.06. The summed E-state index contributed by atoms with van der Waals surface area (Å²) < 4.78 is 6.38. The average molecular weight is 349 g/mol. The Kier molecular flexibility index (Phi) is 4.96. The molecule has 11 heteroatoms. The molecule has 0 fully saturated rings. The Morgan fingerprint density at radius 1 is 1.32 bits per heavy atom. The number of benzene rings is 1. The second-order valence-electron chi connectivity index (χ2n) is 4.99. The molecule has 1 heterocycles. The van der Waals surface area contributed by atoms with Crippen LogP contribution in [-0.4, -0.2) is 32.1 Å². The van der Waals surface area contributed by atoms with Crippen LogP contribution in [0.2, 0.25) is 0 Å². The van der Waals surface area contributed by atoms with E-state index < -0.39 is 32.8 Å². The van der Waals surface area contributed by atoms with E-state index in [2.05, 4.69) is 10.4 Å². The number of nitro groups is 2. The third kappa shape index (κ3) is 3.54. The Morgan fingerprint density at radius 3 is 2.56 bits per heavy atom. The lowest BCUT2D eigenvalue weighted by molar-refractivity contribution is -0.385. The van der Waals surface area contributed by atoms with E-state index in [0.717, 1.165) is 6.07 Å². The van der Waals surface area contributed by atoms with E-state index in [1.54, 1.807) is 6.92 Å². The predicted octanol–water partition coefficient (Wildman–Crippen LogP) is 2.20. The number of anilines is 1. The van der Waals surface area contributed by atoms with Gasteiger partial charge in [0.15, 0.2) is 0 Å². The van der Waals surface area contributed by atoms with Crippen LogP contribution in [0.5, 0.6) is 5.75 Å². The molecule has 25 heavy (non-hydrogen) atoms. The highest BCUT2D eigenvalue weighted by atomic mass is 16.6. The van der Waals surface area contributed by atoms with Gasteiger partial charge in [0.05, 0.1) is 22.5 Å². The summed E-state index contributed by atoms with van der Waals surface area (Å²) in [4.78, 5) is 33.3. The maximum Gasteiger partial charge on any atom is 0.322 e. The van der Waals surface area contributed by atoms with Crippen LogP contribution in [0.25, 0.3) is 0 Å². The van der Waals surface area contributed by atoms with Crippen LogP contribution in [0.4, 0.5) is 17.1 Å². The van der Waals surface area contributed by atoms with Crippen molar-refractivity contribution in [2.24, 2.45) is 7.05 Å². The van der Waals surface area contributed by atoms with Gasteiger partial charge in [-0.2, -0.15) is 5.10 Å². The van der Waals surface area contributed by atoms with Crippen LogP contribution in [0.1, 0.15) is 23.1 Å². The lowest BCUT2D eigenvalue weighted by Crippen LogP contribution is -2.15. The molecule has 1 N–H and O–H groups in total. The Bertz CT molecular complexity index is 860. The number of hydrogen-bond donors (Lipinski definition) is 1. The zero-order chi connectivity index (χ0) is 18.7. The summed E-state index contributed by atoms with van der Waals surface area (Å²) >= 11 is 0. The van der Waals surface area contributed by atoms with Gasteiger partial charge in [-0.05, 0) is 26.0 Å². The standard InChI is InChI=1S/C14H15N5O6/c1-4-25-9-5-6-10(11(7-9)18(21)22)15-14(20)12-13(19(23)24)8(2)17(3)16-12/h5-7H,4H2,1-3H3,(H,15,20). The molecule has 0 atom stereocenters. The lowest BCUT2D eigenvalue weighted by Gasteiger charge is -2.07. The molecule has 0 radical (unpaired) electrons. The molecule has 2 rings (SSSR count). The number of nitro benzene ring substituents is 1. The number of amides is 1. The number of aromatic nitrogens is 2. The number of hydrogen-bond acceptors (Lipinski definition) is 7. The van der Waals surface area contributed by atoms with E-state index in [-0.39, 0.29) is 17.1 Å². The molecule has 0 aliphatic rings. The first-order chi connectivity index (χ1) is 11.8. The molecule has 132 valence electrons. The van der Waals surface area contributed by atoms with Gasteiger partial charge in [-0.15, -0.1) is 0 Å². The minimum absolute atomic E-state index is 0.115. The molecular weight excluding hydrogens is 334 g/mol. The van der Waals surface area contributed by atoms with Gasteiger partial charge in [-0.25, -0.2) is 0 Å². The fourth-order valence-corrected chi connectivity index (χ4v) is 2.17. The maximum absolute atomic E-state index is 12.3. The number of aryl methyl sites for hydroxylation is 1. The summed E-state index contributed by atoms with van der Waals surface area (Å²) in [5.41, 5.74) is -1.19. The molecule has 0 unspecified atom stereocenters. The molecule has 1 amide bonds. The minimum Gasteiger partial charge on any atom is -0.494 e. The van der Waals surface area contributed by atoms with Gasteiger partial charge in [0, 0.05) is 7.05 Å². The summed E-state index contributed by atoms with van der Waals surface area (Å²) in [6.07, 6.45) is 0. The highest BCUT2D eigenvalue weighted by Gasteiger charge is 2.30. The smallest absolute Gasteiger partial charge is 0.322 e. The van der Waals surface area contributed by atoms with E-state index in [0.29, 0.717) is 6.61 Å². The maximum atomic E-state index is 12.3. The minimum atomic E-state index is -0.914. The number of carbonyl (C=O) groups excluding carboxylic acids is 1. The van der Waals surface area contributed by atoms with Crippen molar-refractivity contribution in [3.8, 4) is 5.75 Å². The van der Waals surface area contributed by atoms with Gasteiger partial charge in [-0.1, -0.05) is 0 Å². The van der Waals surface area contributed by atoms with Crippen molar-refractivity contribution >= 4 is 23.0 Å². The fourth-order valence-electron chi connectivity index (χ4n) is 2.17. The molecule has 0 aliphatic carbocycles. The van der Waals surface area contributed by atoms with Crippen LogP contribution in [0.3, 0.4) is 0 Å². The Morgan fingerprint density at radius 2 is 2.00 bits per heavy atom. The zero-order valence-corrected chi connectivity index (χ0v) is 13.7. The molecule has 1 aromatic heterocycles. The van der Waals surface area contributed by atoms with E-state index >= 15 is 0 Å². The van der Waals surface area contributed by atoms with Gasteiger partial charge >= 0.3 is 5.69 Å². The average Bonchev–Trinajstić information content (AvgIpc) is 2.84.